The molecule has 52 heavy (non-hydrogen) atoms. The highest BCUT2D eigenvalue weighted by Gasteiger charge is 2.25. The molecule has 2 atom stereocenters. The summed E-state index contributed by atoms with van der Waals surface area (Å²) in [5, 5.41) is 19.0. The van der Waals surface area contributed by atoms with Crippen LogP contribution in [0.3, 0.4) is 0 Å². The molecule has 0 bridgehead atoms. The van der Waals surface area contributed by atoms with Gasteiger partial charge >= 0.3 is 7.12 Å². The predicted octanol–water partition coefficient (Wildman–Crippen LogP) is 8.86. The molecule has 0 saturated carbocycles. The number of fused-ring (bicyclic) bond motifs is 2. The van der Waals surface area contributed by atoms with Crippen molar-refractivity contribution in [3.8, 4) is 34.0 Å². The fourth-order valence-electron chi connectivity index (χ4n) is 6.56. The largest absolute Gasteiger partial charge is 0.508 e. The molecule has 10 heteroatoms. The molecular formula is C42H36BClF2N2O4. The van der Waals surface area contributed by atoms with E-state index in [1.54, 1.807) is 24.3 Å². The van der Waals surface area contributed by atoms with Crippen LogP contribution in [0, 0.1) is 25.5 Å². The molecule has 0 saturated heterocycles. The van der Waals surface area contributed by atoms with Gasteiger partial charge < -0.3 is 19.5 Å². The van der Waals surface area contributed by atoms with E-state index in [1.807, 2.05) is 86.6 Å². The average molecular weight is 717 g/mol. The summed E-state index contributed by atoms with van der Waals surface area (Å²) in [5.41, 5.74) is 9.18. The molecule has 4 aromatic carbocycles. The second-order valence-electron chi connectivity index (χ2n) is 13.2. The fraction of sp³-hybridized carbons (Fsp3) is 0.190. The van der Waals surface area contributed by atoms with Gasteiger partial charge in [0.25, 0.3) is 0 Å². The van der Waals surface area contributed by atoms with Gasteiger partial charge in [0.15, 0.2) is 0 Å². The Hall–Kier alpha value is -5.09. The van der Waals surface area contributed by atoms with Crippen LogP contribution in [-0.4, -0.2) is 27.1 Å². The van der Waals surface area contributed by atoms with E-state index in [0.29, 0.717) is 28.0 Å². The first kappa shape index (κ1) is 35.3. The molecule has 262 valence electrons. The first-order valence-electron chi connectivity index (χ1n) is 17.2. The van der Waals surface area contributed by atoms with Gasteiger partial charge in [-0.25, -0.2) is 18.7 Å². The maximum Gasteiger partial charge on any atom is 0.508 e. The van der Waals surface area contributed by atoms with Crippen LogP contribution in [0.5, 0.6) is 11.8 Å². The van der Waals surface area contributed by atoms with Crippen LogP contribution in [-0.2, 0) is 12.8 Å². The third-order valence-electron chi connectivity index (χ3n) is 9.42. The van der Waals surface area contributed by atoms with E-state index in [9.17, 15) is 18.8 Å². The smallest absolute Gasteiger partial charge is 0.469 e. The lowest BCUT2D eigenvalue weighted by Crippen LogP contribution is -2.33. The lowest BCUT2D eigenvalue weighted by atomic mass is 9.85. The van der Waals surface area contributed by atoms with Crippen LogP contribution >= 0.6 is 11.6 Å². The summed E-state index contributed by atoms with van der Waals surface area (Å²) in [6.07, 6.45) is 3.14. The molecule has 6 nitrogen and oxygen atoms in total. The van der Waals surface area contributed by atoms with E-state index in [4.69, 9.17) is 21.1 Å². The van der Waals surface area contributed by atoms with Crippen LogP contribution in [0.25, 0.3) is 22.3 Å². The molecule has 0 fully saturated rings. The van der Waals surface area contributed by atoms with Crippen LogP contribution < -0.4 is 15.1 Å². The number of pyridine rings is 2. The number of nitrogens with zero attached hydrogens (tertiary/aromatic N) is 2. The zero-order valence-electron chi connectivity index (χ0n) is 28.7. The molecule has 2 unspecified atom stereocenters. The molecule has 4 heterocycles. The van der Waals surface area contributed by atoms with Crippen LogP contribution in [0.2, 0.25) is 5.15 Å². The second kappa shape index (κ2) is 15.3. The third-order valence-corrected chi connectivity index (χ3v) is 9.63. The van der Waals surface area contributed by atoms with E-state index in [0.717, 1.165) is 70.2 Å². The Bertz CT molecular complexity index is 2220. The highest BCUT2D eigenvalue weighted by atomic mass is 35.5. The molecule has 0 aliphatic carbocycles. The van der Waals surface area contributed by atoms with Crippen LogP contribution in [0.15, 0.2) is 109 Å². The number of aromatic nitrogens is 2. The first-order chi connectivity index (χ1) is 25.1. The number of halogens is 3. The lowest BCUT2D eigenvalue weighted by Gasteiger charge is -2.26. The second-order valence-corrected chi connectivity index (χ2v) is 13.6. The number of aryl methyl sites for hydroxylation is 4. The van der Waals surface area contributed by atoms with Gasteiger partial charge in [0.05, 0.1) is 5.59 Å². The molecule has 2 aliphatic heterocycles. The Morgan fingerprint density at radius 3 is 1.56 bits per heavy atom. The Kier molecular flexibility index (Phi) is 10.4. The van der Waals surface area contributed by atoms with Gasteiger partial charge in [-0.05, 0) is 98.2 Å². The summed E-state index contributed by atoms with van der Waals surface area (Å²) < 4.78 is 40.2. The molecule has 0 spiro atoms. The molecular weight excluding hydrogens is 681 g/mol. The van der Waals surface area contributed by atoms with Crippen molar-refractivity contribution in [3.63, 3.8) is 0 Å². The predicted molar refractivity (Wildman–Crippen MR) is 200 cm³/mol. The van der Waals surface area contributed by atoms with Gasteiger partial charge in [0, 0.05) is 22.3 Å². The van der Waals surface area contributed by atoms with Crippen molar-refractivity contribution in [2.75, 3.05) is 0 Å². The molecule has 6 aromatic rings. The van der Waals surface area contributed by atoms with Crippen molar-refractivity contribution in [1.82, 2.24) is 9.97 Å². The van der Waals surface area contributed by atoms with Crippen molar-refractivity contribution < 1.29 is 28.3 Å². The summed E-state index contributed by atoms with van der Waals surface area (Å²) in [6, 6.07) is 32.9. The Morgan fingerprint density at radius 1 is 0.615 bits per heavy atom. The van der Waals surface area contributed by atoms with Gasteiger partial charge in [-0.1, -0.05) is 95.5 Å². The SMILES string of the molecule is Cc1ccc(F)c(-c2ccc(C3CCc4ccc(B(O)O)nc4O3)cc2)c1.Cc1ccc(F)c(-c2ccc(C3CCc4ccc(Cl)nc4O3)cc2)c1. The molecule has 2 aliphatic rings. The topological polar surface area (TPSA) is 84.7 Å². The monoisotopic (exact) mass is 716 g/mol. The zero-order valence-corrected chi connectivity index (χ0v) is 29.4. The lowest BCUT2D eigenvalue weighted by molar-refractivity contribution is 0.168. The molecule has 2 aromatic heterocycles. The van der Waals surface area contributed by atoms with Crippen LogP contribution in [0.1, 0.15) is 58.4 Å². The number of benzene rings is 4. The first-order valence-corrected chi connectivity index (χ1v) is 17.6. The van der Waals surface area contributed by atoms with Gasteiger partial charge in [-0.15, -0.1) is 0 Å². The van der Waals surface area contributed by atoms with Crippen molar-refractivity contribution >= 4 is 24.3 Å². The maximum absolute atomic E-state index is 14.1. The Morgan fingerprint density at radius 2 is 1.08 bits per heavy atom. The van der Waals surface area contributed by atoms with Crippen molar-refractivity contribution in [2.24, 2.45) is 0 Å². The minimum atomic E-state index is -1.62. The number of hydrogen-bond donors (Lipinski definition) is 2. The minimum absolute atomic E-state index is 0.0603. The van der Waals surface area contributed by atoms with Crippen molar-refractivity contribution in [3.05, 3.63) is 159 Å². The molecule has 2 N–H and O–H groups in total. The van der Waals surface area contributed by atoms with E-state index < -0.39 is 7.12 Å². The van der Waals surface area contributed by atoms with Crippen LogP contribution in [0.4, 0.5) is 8.78 Å². The summed E-state index contributed by atoms with van der Waals surface area (Å²) >= 11 is 5.96. The van der Waals surface area contributed by atoms with E-state index >= 15 is 0 Å². The Labute approximate surface area is 306 Å². The third kappa shape index (κ3) is 7.87. The molecule has 0 radical (unpaired) electrons. The summed E-state index contributed by atoms with van der Waals surface area (Å²) in [5.74, 6) is 0.596. The van der Waals surface area contributed by atoms with E-state index in [-0.39, 0.29) is 29.4 Å². The summed E-state index contributed by atoms with van der Waals surface area (Å²) in [6.45, 7) is 3.90. The van der Waals surface area contributed by atoms with Gasteiger partial charge in [0.1, 0.15) is 29.0 Å². The standard InChI is InChI=1S/C21H19BFNO3.C21H17ClFNO/c1-13-2-9-18(23)17(12-13)14-3-5-15(6-4-14)19-10-7-16-8-11-20(22(25)26)24-21(16)27-19;1-13-2-9-18(23)17(12-13)14-3-5-15(6-4-14)19-10-7-16-8-11-20(22)24-21(16)25-19/h2-6,8-9,11-12,19,25-26H,7,10H2,1H3;2-6,8-9,11-12,19H,7,10H2,1H3. The normalized spacial score (nSPS) is 16.0. The Balaban J connectivity index is 0.000000162. The minimum Gasteiger partial charge on any atom is -0.469 e. The van der Waals surface area contributed by atoms with Gasteiger partial charge in [-0.3, -0.25) is 0 Å². The van der Waals surface area contributed by atoms with Crippen molar-refractivity contribution in [1.29, 1.82) is 0 Å². The fourth-order valence-corrected chi connectivity index (χ4v) is 6.70. The number of rotatable bonds is 5. The quantitative estimate of drug-likeness (QED) is 0.137. The highest BCUT2D eigenvalue weighted by molar-refractivity contribution is 6.57. The maximum atomic E-state index is 14.1. The average Bonchev–Trinajstić information content (AvgIpc) is 3.16. The van der Waals surface area contributed by atoms with Crippen molar-refractivity contribution in [2.45, 2.75) is 51.7 Å². The van der Waals surface area contributed by atoms with Gasteiger partial charge in [-0.2, -0.15) is 0 Å². The zero-order chi connectivity index (χ0) is 36.4. The summed E-state index contributed by atoms with van der Waals surface area (Å²) in [4.78, 5) is 8.47. The van der Waals surface area contributed by atoms with E-state index in [1.165, 1.54) is 12.1 Å². The van der Waals surface area contributed by atoms with E-state index in [2.05, 4.69) is 9.97 Å². The highest BCUT2D eigenvalue weighted by Crippen LogP contribution is 2.36. The summed E-state index contributed by atoms with van der Waals surface area (Å²) in [7, 11) is -1.62. The van der Waals surface area contributed by atoms with Gasteiger partial charge in [0.2, 0.25) is 11.8 Å². The number of ether oxygens (including phenoxy) is 2. The number of hydrogen-bond acceptors (Lipinski definition) is 6. The molecule has 0 amide bonds. The molecule has 8 rings (SSSR count).